The number of fused-ring (bicyclic) bond motifs is 1. The van der Waals surface area contributed by atoms with Crippen LogP contribution in [0.3, 0.4) is 0 Å². The predicted octanol–water partition coefficient (Wildman–Crippen LogP) is 4.34. The number of anilines is 1. The molecule has 1 saturated heterocycles. The quantitative estimate of drug-likeness (QED) is 0.390. The van der Waals surface area contributed by atoms with Crippen LogP contribution in [0.1, 0.15) is 29.4 Å². The van der Waals surface area contributed by atoms with Crippen molar-refractivity contribution in [3.8, 4) is 16.9 Å². The average molecular weight is 470 g/mol. The highest BCUT2D eigenvalue weighted by Crippen LogP contribution is 2.30. The van der Waals surface area contributed by atoms with Gasteiger partial charge in [-0.15, -0.1) is 0 Å². The van der Waals surface area contributed by atoms with Gasteiger partial charge in [0.2, 0.25) is 0 Å². The van der Waals surface area contributed by atoms with Gasteiger partial charge in [0.1, 0.15) is 11.6 Å². The Hall–Kier alpha value is -3.86. The summed E-state index contributed by atoms with van der Waals surface area (Å²) in [5, 5.41) is 17.6. The van der Waals surface area contributed by atoms with Crippen molar-refractivity contribution in [2.45, 2.75) is 25.5 Å². The highest BCUT2D eigenvalue weighted by molar-refractivity contribution is 6.11. The fourth-order valence-corrected chi connectivity index (χ4v) is 4.09. The Morgan fingerprint density at radius 1 is 1.18 bits per heavy atom. The summed E-state index contributed by atoms with van der Waals surface area (Å²) in [6.45, 7) is -1.11. The van der Waals surface area contributed by atoms with Crippen LogP contribution < -0.4 is 15.4 Å². The van der Waals surface area contributed by atoms with Crippen molar-refractivity contribution >= 4 is 22.5 Å². The highest BCUT2D eigenvalue weighted by Gasteiger charge is 2.20. The molecule has 3 N–H and O–H groups in total. The molecule has 1 aliphatic rings. The number of H-pyrrole nitrogens is 1. The van der Waals surface area contributed by atoms with Crippen molar-refractivity contribution in [1.82, 2.24) is 25.3 Å². The number of amides is 1. The number of carbonyl (C=O) groups is 1. The molecule has 176 valence electrons. The first-order chi connectivity index (χ1) is 16.5. The first-order valence-corrected chi connectivity index (χ1v) is 10.8. The zero-order valence-electron chi connectivity index (χ0n) is 17.9. The van der Waals surface area contributed by atoms with Crippen LogP contribution in [0.15, 0.2) is 48.8 Å². The van der Waals surface area contributed by atoms with Gasteiger partial charge in [-0.2, -0.15) is 19.0 Å². The van der Waals surface area contributed by atoms with Crippen LogP contribution >= 0.6 is 0 Å². The third-order valence-corrected chi connectivity index (χ3v) is 5.80. The summed E-state index contributed by atoms with van der Waals surface area (Å²) < 4.78 is 45.7. The van der Waals surface area contributed by atoms with Crippen LogP contribution in [0, 0.1) is 5.82 Å². The lowest BCUT2D eigenvalue weighted by molar-refractivity contribution is -0.0498. The summed E-state index contributed by atoms with van der Waals surface area (Å²) in [7, 11) is 0. The van der Waals surface area contributed by atoms with E-state index in [9.17, 15) is 18.0 Å². The van der Waals surface area contributed by atoms with Crippen molar-refractivity contribution in [1.29, 1.82) is 0 Å². The van der Waals surface area contributed by atoms with Crippen molar-refractivity contribution in [3.05, 3.63) is 60.3 Å². The van der Waals surface area contributed by atoms with Gasteiger partial charge in [-0.1, -0.05) is 0 Å². The van der Waals surface area contributed by atoms with Gasteiger partial charge in [-0.05, 0) is 56.3 Å². The molecule has 2 aromatic carbocycles. The molecular weight excluding hydrogens is 449 g/mol. The molecule has 4 aromatic rings. The Labute approximate surface area is 192 Å². The number of aromatic amines is 1. The van der Waals surface area contributed by atoms with E-state index < -0.39 is 18.3 Å². The molecule has 0 unspecified atom stereocenters. The summed E-state index contributed by atoms with van der Waals surface area (Å²) >= 11 is 0. The number of hydrogen-bond donors (Lipinski definition) is 3. The van der Waals surface area contributed by atoms with Gasteiger partial charge in [0.15, 0.2) is 5.69 Å². The van der Waals surface area contributed by atoms with Gasteiger partial charge in [0.05, 0.1) is 17.8 Å². The molecule has 0 bridgehead atoms. The van der Waals surface area contributed by atoms with E-state index in [0.29, 0.717) is 27.7 Å². The summed E-state index contributed by atoms with van der Waals surface area (Å²) in [6, 6.07) is 8.64. The number of rotatable bonds is 6. The van der Waals surface area contributed by atoms with Crippen molar-refractivity contribution in [3.63, 3.8) is 0 Å². The lowest BCUT2D eigenvalue weighted by atomic mass is 10.0. The minimum Gasteiger partial charge on any atom is -0.435 e. The largest absolute Gasteiger partial charge is 0.435 e. The van der Waals surface area contributed by atoms with E-state index in [2.05, 4.69) is 30.7 Å². The topological polar surface area (TPSA) is 96.9 Å². The number of hydrogen-bond acceptors (Lipinski definition) is 5. The van der Waals surface area contributed by atoms with Gasteiger partial charge in [0.25, 0.3) is 5.91 Å². The minimum absolute atomic E-state index is 0.0247. The second-order valence-corrected chi connectivity index (χ2v) is 8.00. The first-order valence-electron chi connectivity index (χ1n) is 10.8. The van der Waals surface area contributed by atoms with Crippen molar-refractivity contribution in [2.24, 2.45) is 0 Å². The number of halogens is 3. The summed E-state index contributed by atoms with van der Waals surface area (Å²) in [4.78, 5) is 12.8. The average Bonchev–Trinajstić information content (AvgIpc) is 3.47. The molecule has 0 radical (unpaired) electrons. The minimum atomic E-state index is -2.93. The molecule has 3 heterocycles. The number of piperidine rings is 1. The van der Waals surface area contributed by atoms with Crippen LogP contribution in [0.2, 0.25) is 0 Å². The summed E-state index contributed by atoms with van der Waals surface area (Å²) in [5.74, 6) is -1.01. The van der Waals surface area contributed by atoms with Gasteiger partial charge < -0.3 is 15.4 Å². The first kappa shape index (κ1) is 22.0. The smallest absolute Gasteiger partial charge is 0.387 e. The van der Waals surface area contributed by atoms with E-state index in [0.717, 1.165) is 25.9 Å². The Morgan fingerprint density at radius 2 is 1.94 bits per heavy atom. The number of alkyl halides is 2. The molecule has 0 saturated carbocycles. The number of ether oxygens (including phenoxy) is 1. The van der Waals surface area contributed by atoms with E-state index in [1.54, 1.807) is 12.3 Å². The summed E-state index contributed by atoms with van der Waals surface area (Å²) in [5.41, 5.74) is 1.75. The van der Waals surface area contributed by atoms with Gasteiger partial charge >= 0.3 is 6.61 Å². The third-order valence-electron chi connectivity index (χ3n) is 5.80. The maximum absolute atomic E-state index is 14.9. The van der Waals surface area contributed by atoms with E-state index in [1.165, 1.54) is 30.3 Å². The van der Waals surface area contributed by atoms with Gasteiger partial charge in [0, 0.05) is 34.5 Å². The molecule has 5 rings (SSSR count). The number of benzene rings is 2. The molecule has 0 spiro atoms. The molecule has 2 aromatic heterocycles. The van der Waals surface area contributed by atoms with E-state index >= 15 is 0 Å². The summed E-state index contributed by atoms with van der Waals surface area (Å²) in [6.07, 6.45) is 5.34. The zero-order chi connectivity index (χ0) is 23.7. The third kappa shape index (κ3) is 4.46. The monoisotopic (exact) mass is 470 g/mol. The number of carbonyl (C=O) groups excluding carboxylic acids is 1. The van der Waals surface area contributed by atoms with Crippen LogP contribution in [-0.2, 0) is 0 Å². The van der Waals surface area contributed by atoms with Crippen LogP contribution in [0.4, 0.5) is 18.9 Å². The Kier molecular flexibility index (Phi) is 5.93. The zero-order valence-corrected chi connectivity index (χ0v) is 17.9. The standard InChI is InChI=1S/C23H21F3N6O2/c24-19-10-20-18(9-17(19)13-11-28-32(12-13)15-5-7-27-8-6-15)21(31-30-20)22(33)29-14-1-3-16(4-2-14)34-23(25)26/h1-4,9-12,15,23,27H,5-8H2,(H,29,33)(H,30,31). The van der Waals surface area contributed by atoms with Crippen LogP contribution in [0.5, 0.6) is 5.75 Å². The molecular formula is C23H21F3N6O2. The molecule has 1 amide bonds. The normalized spacial score (nSPS) is 14.6. The lowest BCUT2D eigenvalue weighted by Crippen LogP contribution is -2.29. The van der Waals surface area contributed by atoms with E-state index in [1.807, 2.05) is 10.9 Å². The van der Waals surface area contributed by atoms with E-state index in [-0.39, 0.29) is 17.5 Å². The molecule has 1 aliphatic heterocycles. The predicted molar refractivity (Wildman–Crippen MR) is 119 cm³/mol. The van der Waals surface area contributed by atoms with Gasteiger partial charge in [-0.25, -0.2) is 4.39 Å². The van der Waals surface area contributed by atoms with E-state index in [4.69, 9.17) is 0 Å². The number of aromatic nitrogens is 4. The fraction of sp³-hybridized carbons (Fsp3) is 0.261. The van der Waals surface area contributed by atoms with Crippen molar-refractivity contribution < 1.29 is 22.7 Å². The molecule has 1 fully saturated rings. The molecule has 0 atom stereocenters. The second-order valence-electron chi connectivity index (χ2n) is 8.00. The molecule has 8 nitrogen and oxygen atoms in total. The lowest BCUT2D eigenvalue weighted by Gasteiger charge is -2.22. The maximum Gasteiger partial charge on any atom is 0.387 e. The molecule has 11 heteroatoms. The van der Waals surface area contributed by atoms with Crippen molar-refractivity contribution in [2.75, 3.05) is 18.4 Å². The molecule has 34 heavy (non-hydrogen) atoms. The van der Waals surface area contributed by atoms with Gasteiger partial charge in [-0.3, -0.25) is 14.6 Å². The number of nitrogens with one attached hydrogen (secondary N) is 3. The fourth-order valence-electron chi connectivity index (χ4n) is 4.09. The van der Waals surface area contributed by atoms with Crippen LogP contribution in [-0.4, -0.2) is 45.6 Å². The Balaban J connectivity index is 1.39. The number of nitrogens with zero attached hydrogens (tertiary/aromatic N) is 3. The second kappa shape index (κ2) is 9.18. The Morgan fingerprint density at radius 3 is 2.68 bits per heavy atom. The molecule has 0 aliphatic carbocycles. The highest BCUT2D eigenvalue weighted by atomic mass is 19.3. The SMILES string of the molecule is O=C(Nc1ccc(OC(F)F)cc1)c1n[nH]c2cc(F)c(-c3cnn(C4CCNCC4)c3)cc12. The maximum atomic E-state index is 14.9. The Bertz CT molecular complexity index is 1310. The van der Waals surface area contributed by atoms with Crippen LogP contribution in [0.25, 0.3) is 22.0 Å².